The molecule has 15 heavy (non-hydrogen) atoms. The van der Waals surface area contributed by atoms with Gasteiger partial charge in [0.05, 0.1) is 0 Å². The Morgan fingerprint density at radius 1 is 1.07 bits per heavy atom. The van der Waals surface area contributed by atoms with Gasteiger partial charge < -0.3 is 4.90 Å². The minimum atomic E-state index is 0.312. The zero-order chi connectivity index (χ0) is 10.3. The van der Waals surface area contributed by atoms with E-state index in [1.807, 2.05) is 0 Å². The average molecular weight is 207 g/mol. The maximum Gasteiger partial charge on any atom is 0.223 e. The largest absolute Gasteiger partial charge is 0.337 e. The first-order chi connectivity index (χ1) is 7.30. The molecule has 0 radical (unpaired) electrons. The molecule has 84 valence electrons. The minimum Gasteiger partial charge on any atom is -0.337 e. The van der Waals surface area contributed by atoms with Crippen LogP contribution < -0.4 is 0 Å². The highest BCUT2D eigenvalue weighted by Crippen LogP contribution is 2.48. The molecule has 0 spiro atoms. The van der Waals surface area contributed by atoms with Crippen LogP contribution in [0.15, 0.2) is 0 Å². The molecule has 1 saturated heterocycles. The van der Waals surface area contributed by atoms with Gasteiger partial charge in [-0.25, -0.2) is 0 Å². The maximum absolute atomic E-state index is 12.0. The molecule has 2 nitrogen and oxygen atoms in total. The molecular weight excluding hydrogens is 186 g/mol. The molecule has 2 heteroatoms. The van der Waals surface area contributed by atoms with Crippen LogP contribution in [0.1, 0.15) is 57.8 Å². The van der Waals surface area contributed by atoms with Gasteiger partial charge in [-0.2, -0.15) is 0 Å². The van der Waals surface area contributed by atoms with Crippen LogP contribution in [0, 0.1) is 5.92 Å². The highest BCUT2D eigenvalue weighted by atomic mass is 16.2. The van der Waals surface area contributed by atoms with Crippen molar-refractivity contribution in [2.75, 3.05) is 6.54 Å². The Bertz CT molecular complexity index is 252. The number of rotatable bonds is 1. The van der Waals surface area contributed by atoms with Crippen molar-refractivity contribution in [3.8, 4) is 0 Å². The molecule has 4 rings (SSSR count). The van der Waals surface area contributed by atoms with E-state index in [1.54, 1.807) is 0 Å². The summed E-state index contributed by atoms with van der Waals surface area (Å²) in [4.78, 5) is 14.3. The number of carbonyl (C=O) groups is 1. The summed E-state index contributed by atoms with van der Waals surface area (Å²) >= 11 is 0. The van der Waals surface area contributed by atoms with Gasteiger partial charge in [0.25, 0.3) is 0 Å². The van der Waals surface area contributed by atoms with E-state index in [1.165, 1.54) is 44.9 Å². The van der Waals surface area contributed by atoms with Crippen molar-refractivity contribution in [3.05, 3.63) is 0 Å². The van der Waals surface area contributed by atoms with E-state index < -0.39 is 0 Å². The Kier molecular flexibility index (Phi) is 2.26. The lowest BCUT2D eigenvalue weighted by Gasteiger charge is -2.53. The van der Waals surface area contributed by atoms with Crippen LogP contribution >= 0.6 is 0 Å². The number of fused-ring (bicyclic) bond motifs is 3. The van der Waals surface area contributed by atoms with Crippen LogP contribution in [0.4, 0.5) is 0 Å². The summed E-state index contributed by atoms with van der Waals surface area (Å²) in [5, 5.41) is 0. The second-order valence-corrected chi connectivity index (χ2v) is 5.71. The summed E-state index contributed by atoms with van der Waals surface area (Å²) in [5.41, 5.74) is 0.312. The molecule has 3 aliphatic carbocycles. The van der Waals surface area contributed by atoms with Crippen molar-refractivity contribution in [2.45, 2.75) is 63.3 Å². The number of carbonyl (C=O) groups excluding carboxylic acids is 1. The highest BCUT2D eigenvalue weighted by Gasteiger charge is 2.46. The molecule has 0 atom stereocenters. The molecular formula is C13H21NO. The Hall–Kier alpha value is -0.530. The lowest BCUT2D eigenvalue weighted by Crippen LogP contribution is -2.57. The predicted molar refractivity (Wildman–Crippen MR) is 59.5 cm³/mol. The molecule has 1 amide bonds. The molecule has 3 saturated carbocycles. The third kappa shape index (κ3) is 1.49. The Balaban J connectivity index is 1.81. The summed E-state index contributed by atoms with van der Waals surface area (Å²) in [6, 6.07) is 0. The van der Waals surface area contributed by atoms with Gasteiger partial charge in [0.15, 0.2) is 0 Å². The first kappa shape index (κ1) is 9.68. The SMILES string of the molecule is O=C1CCCCN1C12CCC(CC1)CC2. The Morgan fingerprint density at radius 3 is 2.33 bits per heavy atom. The molecule has 0 unspecified atom stereocenters. The number of piperidine rings is 1. The second kappa shape index (κ2) is 3.50. The number of hydrogen-bond donors (Lipinski definition) is 0. The zero-order valence-electron chi connectivity index (χ0n) is 9.50. The molecule has 1 heterocycles. The van der Waals surface area contributed by atoms with E-state index >= 15 is 0 Å². The van der Waals surface area contributed by atoms with Gasteiger partial charge in [0.1, 0.15) is 0 Å². The summed E-state index contributed by atoms with van der Waals surface area (Å²) in [6.07, 6.45) is 11.2. The van der Waals surface area contributed by atoms with Gasteiger partial charge in [-0.05, 0) is 57.3 Å². The van der Waals surface area contributed by atoms with Crippen LogP contribution in [-0.4, -0.2) is 22.9 Å². The topological polar surface area (TPSA) is 20.3 Å². The third-order valence-electron chi connectivity index (χ3n) is 4.95. The highest BCUT2D eigenvalue weighted by molar-refractivity contribution is 5.77. The molecule has 0 N–H and O–H groups in total. The van der Waals surface area contributed by atoms with Crippen LogP contribution in [-0.2, 0) is 4.79 Å². The van der Waals surface area contributed by atoms with Crippen molar-refractivity contribution >= 4 is 5.91 Å². The van der Waals surface area contributed by atoms with Crippen LogP contribution in [0.5, 0.6) is 0 Å². The Morgan fingerprint density at radius 2 is 1.73 bits per heavy atom. The smallest absolute Gasteiger partial charge is 0.223 e. The average Bonchev–Trinajstić information content (AvgIpc) is 2.32. The summed E-state index contributed by atoms with van der Waals surface area (Å²) in [5.74, 6) is 1.44. The van der Waals surface area contributed by atoms with E-state index in [0.717, 1.165) is 25.3 Å². The zero-order valence-corrected chi connectivity index (χ0v) is 9.50. The van der Waals surface area contributed by atoms with E-state index in [4.69, 9.17) is 0 Å². The fraction of sp³-hybridized carbons (Fsp3) is 0.923. The Labute approximate surface area is 92.0 Å². The minimum absolute atomic E-state index is 0.312. The van der Waals surface area contributed by atoms with Gasteiger partial charge in [-0.1, -0.05) is 0 Å². The lowest BCUT2D eigenvalue weighted by atomic mass is 9.64. The lowest BCUT2D eigenvalue weighted by molar-refractivity contribution is -0.145. The number of amides is 1. The van der Waals surface area contributed by atoms with E-state index in [2.05, 4.69) is 4.90 Å². The van der Waals surface area contributed by atoms with E-state index in [0.29, 0.717) is 11.4 Å². The quantitative estimate of drug-likeness (QED) is 0.647. The summed E-state index contributed by atoms with van der Waals surface area (Å²) in [7, 11) is 0. The normalized spacial score (nSPS) is 40.9. The van der Waals surface area contributed by atoms with Crippen molar-refractivity contribution in [1.29, 1.82) is 0 Å². The number of nitrogens with zero attached hydrogens (tertiary/aromatic N) is 1. The van der Waals surface area contributed by atoms with Gasteiger partial charge in [-0.3, -0.25) is 4.79 Å². The van der Waals surface area contributed by atoms with Gasteiger partial charge >= 0.3 is 0 Å². The van der Waals surface area contributed by atoms with Crippen molar-refractivity contribution < 1.29 is 4.79 Å². The van der Waals surface area contributed by atoms with Crippen LogP contribution in [0.2, 0.25) is 0 Å². The predicted octanol–water partition coefficient (Wildman–Crippen LogP) is 2.72. The van der Waals surface area contributed by atoms with Gasteiger partial charge in [0.2, 0.25) is 5.91 Å². The fourth-order valence-electron chi connectivity index (χ4n) is 3.94. The van der Waals surface area contributed by atoms with E-state index in [-0.39, 0.29) is 0 Å². The van der Waals surface area contributed by atoms with Gasteiger partial charge in [0, 0.05) is 18.5 Å². The maximum atomic E-state index is 12.0. The molecule has 2 bridgehead atoms. The summed E-state index contributed by atoms with van der Waals surface area (Å²) < 4.78 is 0. The molecule has 0 aromatic carbocycles. The fourth-order valence-corrected chi connectivity index (χ4v) is 3.94. The van der Waals surface area contributed by atoms with Crippen molar-refractivity contribution in [1.82, 2.24) is 4.90 Å². The number of likely N-dealkylation sites (tertiary alicyclic amines) is 1. The van der Waals surface area contributed by atoms with Crippen molar-refractivity contribution in [3.63, 3.8) is 0 Å². The molecule has 1 aliphatic heterocycles. The first-order valence-corrected chi connectivity index (χ1v) is 6.61. The van der Waals surface area contributed by atoms with E-state index in [9.17, 15) is 4.79 Å². The second-order valence-electron chi connectivity index (χ2n) is 5.71. The molecule has 4 aliphatic rings. The van der Waals surface area contributed by atoms with Crippen molar-refractivity contribution in [2.24, 2.45) is 5.92 Å². The first-order valence-electron chi connectivity index (χ1n) is 6.61. The van der Waals surface area contributed by atoms with Crippen LogP contribution in [0.3, 0.4) is 0 Å². The molecule has 0 aromatic heterocycles. The summed E-state index contributed by atoms with van der Waals surface area (Å²) in [6.45, 7) is 1.05. The monoisotopic (exact) mass is 207 g/mol. The standard InChI is InChI=1S/C13H21NO/c15-12-3-1-2-10-14(12)13-7-4-11(5-8-13)6-9-13/h11H,1-10H2. The third-order valence-corrected chi connectivity index (χ3v) is 4.95. The van der Waals surface area contributed by atoms with Gasteiger partial charge in [-0.15, -0.1) is 0 Å². The van der Waals surface area contributed by atoms with Crippen LogP contribution in [0.25, 0.3) is 0 Å². The number of hydrogen-bond acceptors (Lipinski definition) is 1. The molecule has 0 aromatic rings. The molecule has 4 fully saturated rings.